The number of rotatable bonds is 7. The summed E-state index contributed by atoms with van der Waals surface area (Å²) in [6.07, 6.45) is 4.04. The number of hydrogen-bond donors (Lipinski definition) is 1. The van der Waals surface area contributed by atoms with Gasteiger partial charge in [-0.1, -0.05) is 25.5 Å². The van der Waals surface area contributed by atoms with Crippen molar-refractivity contribution in [1.82, 2.24) is 0 Å². The molecule has 0 spiro atoms. The van der Waals surface area contributed by atoms with E-state index in [9.17, 15) is 4.79 Å². The largest absolute Gasteiger partial charge is 0.497 e. The van der Waals surface area contributed by atoms with E-state index in [1.807, 2.05) is 19.1 Å². The van der Waals surface area contributed by atoms with Gasteiger partial charge in [0.2, 0.25) is 6.73 Å². The third-order valence-corrected chi connectivity index (χ3v) is 5.96. The first kappa shape index (κ1) is 20.5. The SMILES string of the molecule is CCCCc1cc(=O)oc2c(C)c3c(cc12)C[NH+](CCc1ccc(OC)cc1)CO3. The second-order valence-electron chi connectivity index (χ2n) is 8.12. The molecule has 3 aromatic rings. The lowest BCUT2D eigenvalue weighted by Crippen LogP contribution is -3.12. The molecule has 0 saturated carbocycles. The molecule has 0 amide bonds. The summed E-state index contributed by atoms with van der Waals surface area (Å²) in [7, 11) is 1.69. The third-order valence-electron chi connectivity index (χ3n) is 5.96. The van der Waals surface area contributed by atoms with Gasteiger partial charge in [-0.05, 0) is 49.1 Å². The first-order valence-corrected chi connectivity index (χ1v) is 10.8. The Morgan fingerprint density at radius 1 is 1.13 bits per heavy atom. The van der Waals surface area contributed by atoms with Gasteiger partial charge in [-0.15, -0.1) is 0 Å². The molecular formula is C25H30NO4+. The molecule has 0 aliphatic carbocycles. The molecule has 0 bridgehead atoms. The van der Waals surface area contributed by atoms with Crippen molar-refractivity contribution in [2.24, 2.45) is 0 Å². The highest BCUT2D eigenvalue weighted by Gasteiger charge is 2.25. The minimum atomic E-state index is -0.279. The highest BCUT2D eigenvalue weighted by molar-refractivity contribution is 5.86. The second kappa shape index (κ2) is 8.92. The van der Waals surface area contributed by atoms with Gasteiger partial charge in [0.25, 0.3) is 0 Å². The monoisotopic (exact) mass is 408 g/mol. The van der Waals surface area contributed by atoms with E-state index in [4.69, 9.17) is 13.9 Å². The summed E-state index contributed by atoms with van der Waals surface area (Å²) >= 11 is 0. The minimum Gasteiger partial charge on any atom is -0.497 e. The van der Waals surface area contributed by atoms with E-state index in [1.54, 1.807) is 13.2 Å². The van der Waals surface area contributed by atoms with Crippen molar-refractivity contribution in [3.63, 3.8) is 0 Å². The van der Waals surface area contributed by atoms with Crippen LogP contribution in [0.15, 0.2) is 45.6 Å². The van der Waals surface area contributed by atoms with E-state index >= 15 is 0 Å². The Hall–Kier alpha value is -2.79. The minimum absolute atomic E-state index is 0.279. The zero-order valence-corrected chi connectivity index (χ0v) is 18.0. The van der Waals surface area contributed by atoms with E-state index in [2.05, 4.69) is 25.1 Å². The fourth-order valence-electron chi connectivity index (χ4n) is 4.25. The summed E-state index contributed by atoms with van der Waals surface area (Å²) in [6, 6.07) is 12.1. The van der Waals surface area contributed by atoms with Crippen molar-refractivity contribution in [3.05, 3.63) is 69.1 Å². The molecule has 1 aliphatic heterocycles. The summed E-state index contributed by atoms with van der Waals surface area (Å²) in [5.41, 5.74) is 4.91. The van der Waals surface area contributed by atoms with E-state index < -0.39 is 0 Å². The Bertz CT molecular complexity index is 1080. The first-order chi connectivity index (χ1) is 14.6. The van der Waals surface area contributed by atoms with E-state index in [-0.39, 0.29) is 5.63 Å². The van der Waals surface area contributed by atoms with Crippen LogP contribution in [0.4, 0.5) is 0 Å². The molecule has 2 heterocycles. The number of methoxy groups -OCH3 is 1. The van der Waals surface area contributed by atoms with Crippen LogP contribution in [0.3, 0.4) is 0 Å². The zero-order chi connectivity index (χ0) is 21.1. The van der Waals surface area contributed by atoms with Gasteiger partial charge in [0.05, 0.1) is 13.7 Å². The molecule has 30 heavy (non-hydrogen) atoms. The molecule has 0 saturated heterocycles. The summed E-state index contributed by atoms with van der Waals surface area (Å²) in [4.78, 5) is 13.5. The van der Waals surface area contributed by atoms with Gasteiger partial charge >= 0.3 is 5.63 Å². The number of fused-ring (bicyclic) bond motifs is 2. The van der Waals surface area contributed by atoms with Crippen molar-refractivity contribution < 1.29 is 18.8 Å². The maximum Gasteiger partial charge on any atom is 0.336 e. The van der Waals surface area contributed by atoms with Crippen LogP contribution < -0.4 is 20.0 Å². The highest BCUT2D eigenvalue weighted by Crippen LogP contribution is 2.33. The fraction of sp³-hybridized carbons (Fsp3) is 0.400. The van der Waals surface area contributed by atoms with E-state index in [1.165, 1.54) is 16.0 Å². The first-order valence-electron chi connectivity index (χ1n) is 10.8. The molecule has 5 heteroatoms. The van der Waals surface area contributed by atoms with Crippen molar-refractivity contribution in [2.75, 3.05) is 20.4 Å². The van der Waals surface area contributed by atoms with Gasteiger partial charge in [-0.3, -0.25) is 4.90 Å². The highest BCUT2D eigenvalue weighted by atomic mass is 16.5. The van der Waals surface area contributed by atoms with E-state index in [0.29, 0.717) is 12.3 Å². The fourth-order valence-corrected chi connectivity index (χ4v) is 4.25. The van der Waals surface area contributed by atoms with Gasteiger partial charge in [-0.25, -0.2) is 4.79 Å². The number of hydrogen-bond acceptors (Lipinski definition) is 4. The summed E-state index contributed by atoms with van der Waals surface area (Å²) < 4.78 is 17.0. The van der Waals surface area contributed by atoms with Gasteiger partial charge < -0.3 is 13.9 Å². The lowest BCUT2D eigenvalue weighted by Gasteiger charge is -2.28. The van der Waals surface area contributed by atoms with Crippen molar-refractivity contribution in [3.8, 4) is 11.5 Å². The van der Waals surface area contributed by atoms with Gasteiger partial charge in [0.1, 0.15) is 23.6 Å². The topological polar surface area (TPSA) is 53.1 Å². The standard InChI is InChI=1S/C25H29NO4/c1-4-5-6-19-14-23(27)30-25-17(2)24-20(13-22(19)25)15-26(16-29-24)12-11-18-7-9-21(28-3)10-8-18/h7-10,13-14H,4-6,11-12,15-16H2,1-3H3/p+1. The zero-order valence-electron chi connectivity index (χ0n) is 18.0. The molecule has 158 valence electrons. The molecule has 5 nitrogen and oxygen atoms in total. The molecule has 4 rings (SSSR count). The molecule has 1 atom stereocenters. The molecular weight excluding hydrogens is 378 g/mol. The lowest BCUT2D eigenvalue weighted by molar-refractivity contribution is -0.932. The summed E-state index contributed by atoms with van der Waals surface area (Å²) in [6.45, 7) is 6.69. The molecule has 1 unspecified atom stereocenters. The summed E-state index contributed by atoms with van der Waals surface area (Å²) in [5.74, 6) is 1.76. The Balaban J connectivity index is 1.56. The third kappa shape index (κ3) is 4.21. The Labute approximate surface area is 177 Å². The van der Waals surface area contributed by atoms with Crippen LogP contribution in [0.5, 0.6) is 11.5 Å². The Morgan fingerprint density at radius 2 is 1.93 bits per heavy atom. The normalized spacial score (nSPS) is 15.6. The maximum atomic E-state index is 12.1. The Kier molecular flexibility index (Phi) is 6.09. The summed E-state index contributed by atoms with van der Waals surface area (Å²) in [5, 5.41) is 1.05. The quantitative estimate of drug-likeness (QED) is 0.609. The number of nitrogens with one attached hydrogen (secondary N) is 1. The number of quaternary nitrogens is 1. The smallest absolute Gasteiger partial charge is 0.336 e. The van der Waals surface area contributed by atoms with Gasteiger partial charge in [0, 0.05) is 29.0 Å². The van der Waals surface area contributed by atoms with Gasteiger partial charge in [-0.2, -0.15) is 0 Å². The maximum absolute atomic E-state index is 12.1. The number of unbranched alkanes of at least 4 members (excludes halogenated alkanes) is 1. The molecule has 0 fully saturated rings. The van der Waals surface area contributed by atoms with Crippen LogP contribution in [-0.2, 0) is 19.4 Å². The average molecular weight is 409 g/mol. The van der Waals surface area contributed by atoms with E-state index in [0.717, 1.165) is 66.8 Å². The predicted octanol–water partition coefficient (Wildman–Crippen LogP) is 3.43. The predicted molar refractivity (Wildman–Crippen MR) is 118 cm³/mol. The molecule has 1 aromatic heterocycles. The molecule has 2 aromatic carbocycles. The van der Waals surface area contributed by atoms with Crippen molar-refractivity contribution in [2.45, 2.75) is 46.1 Å². The lowest BCUT2D eigenvalue weighted by atomic mass is 9.98. The van der Waals surface area contributed by atoms with Crippen LogP contribution in [0, 0.1) is 6.92 Å². The van der Waals surface area contributed by atoms with Crippen LogP contribution in [-0.4, -0.2) is 20.4 Å². The second-order valence-corrected chi connectivity index (χ2v) is 8.12. The van der Waals surface area contributed by atoms with Crippen LogP contribution >= 0.6 is 0 Å². The Morgan fingerprint density at radius 3 is 2.67 bits per heavy atom. The molecule has 0 radical (unpaired) electrons. The van der Waals surface area contributed by atoms with Crippen LogP contribution in [0.25, 0.3) is 11.0 Å². The van der Waals surface area contributed by atoms with Gasteiger partial charge in [0.15, 0.2) is 0 Å². The number of ether oxygens (including phenoxy) is 2. The van der Waals surface area contributed by atoms with Crippen LogP contribution in [0.1, 0.15) is 42.0 Å². The number of benzene rings is 2. The molecule has 1 N–H and O–H groups in total. The van der Waals surface area contributed by atoms with Crippen molar-refractivity contribution >= 4 is 11.0 Å². The van der Waals surface area contributed by atoms with Crippen LogP contribution in [0.2, 0.25) is 0 Å². The van der Waals surface area contributed by atoms with Crippen molar-refractivity contribution in [1.29, 1.82) is 0 Å². The average Bonchev–Trinajstić information content (AvgIpc) is 2.77. The molecule has 1 aliphatic rings. The number of aryl methyl sites for hydroxylation is 2.